The van der Waals surface area contributed by atoms with E-state index in [1.165, 1.54) is 12.1 Å². The summed E-state index contributed by atoms with van der Waals surface area (Å²) in [6.45, 7) is 8.64. The van der Waals surface area contributed by atoms with Crippen LogP contribution in [0.1, 0.15) is 13.3 Å². The molecule has 1 atom stereocenters. The summed E-state index contributed by atoms with van der Waals surface area (Å²) < 4.78 is 10.8. The number of hydrogen-bond donors (Lipinski definition) is 1. The van der Waals surface area contributed by atoms with Gasteiger partial charge in [-0.3, -0.25) is 4.90 Å². The summed E-state index contributed by atoms with van der Waals surface area (Å²) in [5.41, 5.74) is 1.30. The van der Waals surface area contributed by atoms with Gasteiger partial charge in [0, 0.05) is 62.1 Å². The molecule has 132 valence electrons. The molecule has 0 amide bonds. The van der Waals surface area contributed by atoms with Crippen LogP contribution in [0.15, 0.2) is 30.4 Å². The first-order valence-electron chi connectivity index (χ1n) is 8.75. The summed E-state index contributed by atoms with van der Waals surface area (Å²) in [7, 11) is 3.40. The lowest BCUT2D eigenvalue weighted by atomic mass is 10.0. The zero-order valence-corrected chi connectivity index (χ0v) is 15.0. The van der Waals surface area contributed by atoms with Crippen LogP contribution in [0, 0.1) is 0 Å². The minimum absolute atomic E-state index is 0.119. The van der Waals surface area contributed by atoms with E-state index in [1.54, 1.807) is 14.2 Å². The molecular formula is C19H29N3O2. The van der Waals surface area contributed by atoms with Gasteiger partial charge in [-0.2, -0.15) is 0 Å². The number of nitrogens with zero attached hydrogens (tertiary/aromatic N) is 2. The lowest BCUT2D eigenvalue weighted by molar-refractivity contribution is 0.237. The van der Waals surface area contributed by atoms with Crippen molar-refractivity contribution in [1.29, 1.82) is 0 Å². The largest absolute Gasteiger partial charge is 0.497 e. The maximum atomic E-state index is 5.41. The van der Waals surface area contributed by atoms with Crippen LogP contribution in [0.3, 0.4) is 0 Å². The molecule has 3 rings (SSSR count). The van der Waals surface area contributed by atoms with E-state index < -0.39 is 0 Å². The fourth-order valence-corrected chi connectivity index (χ4v) is 3.61. The SMILES string of the molecule is COc1cc(OC)cc(N2CCCN(CC3(C)C=CCN3)CC2)c1. The van der Waals surface area contributed by atoms with E-state index in [9.17, 15) is 0 Å². The van der Waals surface area contributed by atoms with Crippen LogP contribution in [-0.4, -0.2) is 63.9 Å². The zero-order valence-electron chi connectivity index (χ0n) is 15.0. The number of methoxy groups -OCH3 is 2. The Morgan fingerprint density at radius 1 is 1.04 bits per heavy atom. The van der Waals surface area contributed by atoms with Crippen molar-refractivity contribution in [3.05, 3.63) is 30.4 Å². The standard InChI is InChI=1S/C19H29N3O2/c1-19(6-4-7-20-19)15-21-8-5-9-22(11-10-21)16-12-17(23-2)14-18(13-16)24-3/h4,6,12-14,20H,5,7-11,15H2,1-3H3. The summed E-state index contributed by atoms with van der Waals surface area (Å²) in [4.78, 5) is 5.01. The van der Waals surface area contributed by atoms with Gasteiger partial charge in [-0.05, 0) is 19.9 Å². The van der Waals surface area contributed by atoms with Gasteiger partial charge in [0.05, 0.1) is 14.2 Å². The van der Waals surface area contributed by atoms with E-state index in [4.69, 9.17) is 9.47 Å². The molecule has 2 aliphatic heterocycles. The lowest BCUT2D eigenvalue weighted by Crippen LogP contribution is -2.48. The van der Waals surface area contributed by atoms with Gasteiger partial charge in [-0.25, -0.2) is 0 Å². The van der Waals surface area contributed by atoms with Crippen LogP contribution in [0.5, 0.6) is 11.5 Å². The van der Waals surface area contributed by atoms with Crippen molar-refractivity contribution in [2.45, 2.75) is 18.9 Å². The highest BCUT2D eigenvalue weighted by atomic mass is 16.5. The monoisotopic (exact) mass is 331 g/mol. The van der Waals surface area contributed by atoms with E-state index in [1.807, 2.05) is 6.07 Å². The molecule has 0 aromatic heterocycles. The first kappa shape index (κ1) is 17.1. The molecule has 5 nitrogen and oxygen atoms in total. The zero-order chi connectivity index (χ0) is 17.0. The molecule has 0 aliphatic carbocycles. The van der Waals surface area contributed by atoms with Crippen LogP contribution in [0.25, 0.3) is 0 Å². The number of hydrogen-bond acceptors (Lipinski definition) is 5. The van der Waals surface area contributed by atoms with Crippen molar-refractivity contribution in [2.24, 2.45) is 0 Å². The molecule has 2 aliphatic rings. The number of ether oxygens (including phenoxy) is 2. The molecule has 1 unspecified atom stereocenters. The van der Waals surface area contributed by atoms with Gasteiger partial charge >= 0.3 is 0 Å². The second kappa shape index (κ2) is 7.45. The van der Waals surface area contributed by atoms with Crippen molar-refractivity contribution >= 4 is 5.69 Å². The first-order valence-corrected chi connectivity index (χ1v) is 8.75. The van der Waals surface area contributed by atoms with Gasteiger partial charge in [-0.15, -0.1) is 0 Å². The van der Waals surface area contributed by atoms with Crippen molar-refractivity contribution in [2.75, 3.05) is 58.4 Å². The Balaban J connectivity index is 1.66. The first-order chi connectivity index (χ1) is 11.6. The topological polar surface area (TPSA) is 37.0 Å². The predicted molar refractivity (Wildman–Crippen MR) is 98.4 cm³/mol. The summed E-state index contributed by atoms with van der Waals surface area (Å²) in [5, 5.41) is 3.57. The molecular weight excluding hydrogens is 302 g/mol. The lowest BCUT2D eigenvalue weighted by Gasteiger charge is -2.31. The number of nitrogens with one attached hydrogen (secondary N) is 1. The molecule has 0 saturated carbocycles. The van der Waals surface area contributed by atoms with Crippen molar-refractivity contribution in [3.63, 3.8) is 0 Å². The molecule has 2 heterocycles. The van der Waals surface area contributed by atoms with Crippen LogP contribution in [0.4, 0.5) is 5.69 Å². The minimum atomic E-state index is 0.119. The van der Waals surface area contributed by atoms with E-state index in [-0.39, 0.29) is 5.54 Å². The van der Waals surface area contributed by atoms with Gasteiger partial charge in [0.1, 0.15) is 11.5 Å². The molecule has 1 aromatic rings. The van der Waals surface area contributed by atoms with E-state index in [0.717, 1.165) is 50.8 Å². The Kier molecular flexibility index (Phi) is 5.31. The number of rotatable bonds is 5. The molecule has 0 bridgehead atoms. The Bertz CT molecular complexity index is 568. The third-order valence-electron chi connectivity index (χ3n) is 4.95. The molecule has 5 heteroatoms. The Labute approximate surface area is 145 Å². The second-order valence-electron chi connectivity index (χ2n) is 6.89. The van der Waals surface area contributed by atoms with Crippen LogP contribution in [-0.2, 0) is 0 Å². The molecule has 0 radical (unpaired) electrons. The molecule has 1 fully saturated rings. The molecule has 0 spiro atoms. The Morgan fingerprint density at radius 2 is 1.79 bits per heavy atom. The van der Waals surface area contributed by atoms with Crippen molar-refractivity contribution in [3.8, 4) is 11.5 Å². The quantitative estimate of drug-likeness (QED) is 0.837. The average molecular weight is 331 g/mol. The van der Waals surface area contributed by atoms with E-state index >= 15 is 0 Å². The highest BCUT2D eigenvalue weighted by Gasteiger charge is 2.27. The highest BCUT2D eigenvalue weighted by Crippen LogP contribution is 2.29. The van der Waals surface area contributed by atoms with Crippen LogP contribution < -0.4 is 19.7 Å². The Morgan fingerprint density at radius 3 is 2.42 bits per heavy atom. The molecule has 24 heavy (non-hydrogen) atoms. The third kappa shape index (κ3) is 4.02. The second-order valence-corrected chi connectivity index (χ2v) is 6.89. The summed E-state index contributed by atoms with van der Waals surface area (Å²) in [6.07, 6.45) is 5.70. The summed E-state index contributed by atoms with van der Waals surface area (Å²) in [5.74, 6) is 1.69. The smallest absolute Gasteiger partial charge is 0.124 e. The van der Waals surface area contributed by atoms with Crippen molar-refractivity contribution < 1.29 is 9.47 Å². The maximum Gasteiger partial charge on any atom is 0.124 e. The minimum Gasteiger partial charge on any atom is -0.497 e. The van der Waals surface area contributed by atoms with E-state index in [0.29, 0.717) is 0 Å². The summed E-state index contributed by atoms with van der Waals surface area (Å²) >= 11 is 0. The molecule has 1 saturated heterocycles. The average Bonchev–Trinajstić information content (AvgIpc) is 2.89. The predicted octanol–water partition coefficient (Wildman–Crippen LogP) is 2.13. The van der Waals surface area contributed by atoms with Crippen molar-refractivity contribution in [1.82, 2.24) is 10.2 Å². The Hall–Kier alpha value is -1.72. The number of anilines is 1. The van der Waals surface area contributed by atoms with Gasteiger partial charge in [-0.1, -0.05) is 12.2 Å². The normalized spacial score (nSPS) is 24.9. The van der Waals surface area contributed by atoms with Crippen LogP contribution >= 0.6 is 0 Å². The fourth-order valence-electron chi connectivity index (χ4n) is 3.61. The molecule has 1 aromatic carbocycles. The van der Waals surface area contributed by atoms with Gasteiger partial charge in [0.15, 0.2) is 0 Å². The number of benzene rings is 1. The van der Waals surface area contributed by atoms with Crippen LogP contribution in [0.2, 0.25) is 0 Å². The molecule has 1 N–H and O–H groups in total. The van der Waals surface area contributed by atoms with Gasteiger partial charge in [0.25, 0.3) is 0 Å². The highest BCUT2D eigenvalue weighted by molar-refractivity contribution is 5.55. The van der Waals surface area contributed by atoms with Gasteiger partial charge in [0.2, 0.25) is 0 Å². The fraction of sp³-hybridized carbons (Fsp3) is 0.579. The van der Waals surface area contributed by atoms with Gasteiger partial charge < -0.3 is 19.7 Å². The van der Waals surface area contributed by atoms with E-state index in [2.05, 4.69) is 46.3 Å². The summed E-state index contributed by atoms with van der Waals surface area (Å²) in [6, 6.07) is 6.12. The third-order valence-corrected chi connectivity index (χ3v) is 4.95. The maximum absolute atomic E-state index is 5.41.